The topological polar surface area (TPSA) is 29.5 Å². The number of benzene rings is 1. The summed E-state index contributed by atoms with van der Waals surface area (Å²) in [6, 6.07) is 8.29. The highest BCUT2D eigenvalue weighted by molar-refractivity contribution is 5.81. The highest BCUT2D eigenvalue weighted by atomic mass is 16.5. The molecule has 0 aliphatic heterocycles. The van der Waals surface area contributed by atoms with Gasteiger partial charge in [0.2, 0.25) is 0 Å². The highest BCUT2D eigenvalue weighted by Gasteiger charge is 1.97. The van der Waals surface area contributed by atoms with E-state index in [1.165, 1.54) is 24.3 Å². The van der Waals surface area contributed by atoms with Gasteiger partial charge in [-0.05, 0) is 12.5 Å². The van der Waals surface area contributed by atoms with Crippen molar-refractivity contribution in [3.8, 4) is 0 Å². The smallest absolute Gasteiger partial charge is 0.331 e. The third-order valence-electron chi connectivity index (χ3n) is 2.18. The molecule has 1 aromatic carbocycles. The highest BCUT2D eigenvalue weighted by Crippen LogP contribution is 2.06. The van der Waals surface area contributed by atoms with Crippen molar-refractivity contribution in [3.05, 3.63) is 47.7 Å². The first-order valence-electron chi connectivity index (χ1n) is 5.14. The number of hydrogen-bond acceptors (Lipinski definition) is 3. The Morgan fingerprint density at radius 1 is 1.50 bits per heavy atom. The molecule has 0 atom stereocenters. The number of carbonyl (C=O) groups is 1. The molecule has 0 aliphatic rings. The summed E-state index contributed by atoms with van der Waals surface area (Å²) in [7, 11) is 3.29. The van der Waals surface area contributed by atoms with Crippen molar-refractivity contribution < 1.29 is 9.53 Å². The van der Waals surface area contributed by atoms with Crippen LogP contribution in [-0.2, 0) is 16.1 Å². The zero-order valence-corrected chi connectivity index (χ0v) is 9.93. The Labute approximate surface area is 96.3 Å². The Hall–Kier alpha value is -1.77. The van der Waals surface area contributed by atoms with Crippen LogP contribution < -0.4 is 0 Å². The standard InChI is InChI=1S/C13H17NO2/c1-11-5-4-6-12(9-11)10-14(2)8-7-13(15)16-3/h4-9H,10H2,1-3H3. The van der Waals surface area contributed by atoms with E-state index in [9.17, 15) is 4.79 Å². The number of hydrogen-bond donors (Lipinski definition) is 0. The number of rotatable bonds is 4. The van der Waals surface area contributed by atoms with Crippen LogP contribution in [-0.4, -0.2) is 25.0 Å². The molecule has 0 amide bonds. The molecule has 1 rings (SSSR count). The van der Waals surface area contributed by atoms with Gasteiger partial charge in [0.25, 0.3) is 0 Å². The van der Waals surface area contributed by atoms with Crippen LogP contribution in [0.2, 0.25) is 0 Å². The van der Waals surface area contributed by atoms with Crippen LogP contribution in [0.15, 0.2) is 36.5 Å². The average molecular weight is 219 g/mol. The largest absolute Gasteiger partial charge is 0.466 e. The van der Waals surface area contributed by atoms with Crippen molar-refractivity contribution >= 4 is 5.97 Å². The molecule has 1 aromatic rings. The van der Waals surface area contributed by atoms with Gasteiger partial charge < -0.3 is 9.64 Å². The molecule has 3 heteroatoms. The second kappa shape index (κ2) is 5.95. The van der Waals surface area contributed by atoms with Crippen molar-refractivity contribution in [1.29, 1.82) is 0 Å². The van der Waals surface area contributed by atoms with E-state index in [0.29, 0.717) is 0 Å². The fraction of sp³-hybridized carbons (Fsp3) is 0.308. The lowest BCUT2D eigenvalue weighted by molar-refractivity contribution is -0.134. The Kier molecular flexibility index (Phi) is 4.58. The van der Waals surface area contributed by atoms with E-state index < -0.39 is 0 Å². The summed E-state index contributed by atoms with van der Waals surface area (Å²) in [5, 5.41) is 0. The van der Waals surface area contributed by atoms with Gasteiger partial charge in [-0.3, -0.25) is 0 Å². The molecule has 0 heterocycles. The molecule has 0 bridgehead atoms. The van der Waals surface area contributed by atoms with Gasteiger partial charge >= 0.3 is 5.97 Å². The van der Waals surface area contributed by atoms with Gasteiger partial charge in [0.1, 0.15) is 0 Å². The number of esters is 1. The van der Waals surface area contributed by atoms with Gasteiger partial charge in [0.05, 0.1) is 7.11 Å². The molecule has 0 unspecified atom stereocenters. The summed E-state index contributed by atoms with van der Waals surface area (Å²) in [5.74, 6) is -0.337. The van der Waals surface area contributed by atoms with E-state index in [2.05, 4.69) is 29.9 Å². The van der Waals surface area contributed by atoms with Crippen LogP contribution in [0, 0.1) is 6.92 Å². The molecule has 0 saturated heterocycles. The maximum Gasteiger partial charge on any atom is 0.331 e. The number of methoxy groups -OCH3 is 1. The lowest BCUT2D eigenvalue weighted by atomic mass is 10.1. The summed E-state index contributed by atoms with van der Waals surface area (Å²) >= 11 is 0. The average Bonchev–Trinajstić information content (AvgIpc) is 2.26. The van der Waals surface area contributed by atoms with Crippen molar-refractivity contribution in [2.75, 3.05) is 14.2 Å². The minimum absolute atomic E-state index is 0.337. The van der Waals surface area contributed by atoms with Crippen molar-refractivity contribution in [1.82, 2.24) is 4.90 Å². The van der Waals surface area contributed by atoms with E-state index in [1.54, 1.807) is 6.20 Å². The lowest BCUT2D eigenvalue weighted by Gasteiger charge is -2.13. The molecule has 0 aromatic heterocycles. The third-order valence-corrected chi connectivity index (χ3v) is 2.18. The number of ether oxygens (including phenoxy) is 1. The molecule has 0 spiro atoms. The zero-order chi connectivity index (χ0) is 12.0. The normalized spacial score (nSPS) is 10.4. The minimum atomic E-state index is -0.337. The summed E-state index contributed by atoms with van der Waals surface area (Å²) in [6.07, 6.45) is 3.13. The molecule has 0 fully saturated rings. The van der Waals surface area contributed by atoms with Crippen molar-refractivity contribution in [2.45, 2.75) is 13.5 Å². The van der Waals surface area contributed by atoms with Crippen LogP contribution in [0.4, 0.5) is 0 Å². The third kappa shape index (κ3) is 4.17. The van der Waals surface area contributed by atoms with Crippen LogP contribution in [0.5, 0.6) is 0 Å². The molecule has 0 saturated carbocycles. The fourth-order valence-electron chi connectivity index (χ4n) is 1.41. The first-order valence-corrected chi connectivity index (χ1v) is 5.14. The second-order valence-corrected chi connectivity index (χ2v) is 3.74. The molecule has 16 heavy (non-hydrogen) atoms. The number of nitrogens with zero attached hydrogens (tertiary/aromatic N) is 1. The first-order chi connectivity index (χ1) is 7.61. The van der Waals surface area contributed by atoms with E-state index in [0.717, 1.165) is 6.54 Å². The Morgan fingerprint density at radius 2 is 2.25 bits per heavy atom. The summed E-state index contributed by atoms with van der Waals surface area (Å²) < 4.78 is 4.52. The van der Waals surface area contributed by atoms with Crippen molar-refractivity contribution in [3.63, 3.8) is 0 Å². The summed E-state index contributed by atoms with van der Waals surface area (Å²) in [4.78, 5) is 12.8. The predicted octanol–water partition coefficient (Wildman–Crippen LogP) is 2.11. The van der Waals surface area contributed by atoms with Crippen molar-refractivity contribution in [2.24, 2.45) is 0 Å². The number of carbonyl (C=O) groups excluding carboxylic acids is 1. The number of aryl methyl sites for hydroxylation is 1. The Bertz CT molecular complexity index is 385. The Balaban J connectivity index is 2.54. The molecule has 0 radical (unpaired) electrons. The quantitative estimate of drug-likeness (QED) is 0.574. The van der Waals surface area contributed by atoms with Crippen LogP contribution in [0.25, 0.3) is 0 Å². The molecule has 3 nitrogen and oxygen atoms in total. The summed E-state index contributed by atoms with van der Waals surface area (Å²) in [5.41, 5.74) is 2.46. The van der Waals surface area contributed by atoms with Crippen LogP contribution in [0.1, 0.15) is 11.1 Å². The SMILES string of the molecule is COC(=O)C=CN(C)Cc1cccc(C)c1. The lowest BCUT2D eigenvalue weighted by Crippen LogP contribution is -2.11. The summed E-state index contributed by atoms with van der Waals surface area (Å²) in [6.45, 7) is 2.84. The minimum Gasteiger partial charge on any atom is -0.466 e. The first kappa shape index (κ1) is 12.3. The molecule has 86 valence electrons. The van der Waals surface area contributed by atoms with E-state index in [-0.39, 0.29) is 5.97 Å². The second-order valence-electron chi connectivity index (χ2n) is 3.74. The maximum atomic E-state index is 10.9. The molecule has 0 N–H and O–H groups in total. The van der Waals surface area contributed by atoms with Gasteiger partial charge in [-0.25, -0.2) is 4.79 Å². The molecular formula is C13H17NO2. The van der Waals surface area contributed by atoms with E-state index >= 15 is 0 Å². The monoisotopic (exact) mass is 219 g/mol. The van der Waals surface area contributed by atoms with Gasteiger partial charge in [0, 0.05) is 25.9 Å². The Morgan fingerprint density at radius 3 is 2.88 bits per heavy atom. The van der Waals surface area contributed by atoms with Gasteiger partial charge in [-0.1, -0.05) is 29.8 Å². The predicted molar refractivity (Wildman–Crippen MR) is 63.8 cm³/mol. The fourth-order valence-corrected chi connectivity index (χ4v) is 1.41. The van der Waals surface area contributed by atoms with Crippen LogP contribution in [0.3, 0.4) is 0 Å². The maximum absolute atomic E-state index is 10.9. The van der Waals surface area contributed by atoms with Crippen LogP contribution >= 0.6 is 0 Å². The van der Waals surface area contributed by atoms with E-state index in [1.807, 2.05) is 18.0 Å². The van der Waals surface area contributed by atoms with Gasteiger partial charge in [-0.15, -0.1) is 0 Å². The molecular weight excluding hydrogens is 202 g/mol. The van der Waals surface area contributed by atoms with E-state index in [4.69, 9.17) is 0 Å². The molecule has 0 aliphatic carbocycles. The zero-order valence-electron chi connectivity index (χ0n) is 9.93. The van der Waals surface area contributed by atoms with Gasteiger partial charge in [-0.2, -0.15) is 0 Å². The van der Waals surface area contributed by atoms with Gasteiger partial charge in [0.15, 0.2) is 0 Å².